The van der Waals surface area contributed by atoms with Crippen LogP contribution in [0, 0.1) is 0 Å². The number of amides is 1. The number of unbranched alkanes of at least 4 members (excludes halogenated alkanes) is 2. The number of piperazine rings is 1. The van der Waals surface area contributed by atoms with Crippen molar-refractivity contribution in [2.75, 3.05) is 32.7 Å². The van der Waals surface area contributed by atoms with Crippen LogP contribution in [0.3, 0.4) is 0 Å². The normalized spacial score (nSPS) is 18.6. The van der Waals surface area contributed by atoms with Crippen molar-refractivity contribution in [2.24, 2.45) is 5.73 Å². The standard InChI is InChI=1S/C15H31N3O/c1-3-5-6-7-15(19)18-12-10-17(11-13-18)14(4-2)8-9-16/h14H,3-13,16H2,1-2H3. The molecule has 1 atom stereocenters. The molecule has 1 heterocycles. The Morgan fingerprint density at radius 3 is 2.37 bits per heavy atom. The molecule has 1 fully saturated rings. The van der Waals surface area contributed by atoms with Gasteiger partial charge in [-0.1, -0.05) is 26.7 Å². The van der Waals surface area contributed by atoms with Crippen molar-refractivity contribution in [3.8, 4) is 0 Å². The number of nitrogens with two attached hydrogens (primary N) is 1. The number of hydrogen-bond donors (Lipinski definition) is 1. The molecule has 112 valence electrons. The van der Waals surface area contributed by atoms with Crippen molar-refractivity contribution in [1.82, 2.24) is 9.80 Å². The topological polar surface area (TPSA) is 49.6 Å². The lowest BCUT2D eigenvalue weighted by Crippen LogP contribution is -2.52. The van der Waals surface area contributed by atoms with Crippen LogP contribution in [0.1, 0.15) is 52.4 Å². The van der Waals surface area contributed by atoms with Crippen LogP contribution in [-0.4, -0.2) is 54.5 Å². The SMILES string of the molecule is CCCCCC(=O)N1CCN(C(CC)CCN)CC1. The van der Waals surface area contributed by atoms with Crippen LogP contribution >= 0.6 is 0 Å². The molecule has 1 aliphatic rings. The molecule has 2 N–H and O–H groups in total. The van der Waals surface area contributed by atoms with E-state index in [0.29, 0.717) is 11.9 Å². The minimum Gasteiger partial charge on any atom is -0.340 e. The van der Waals surface area contributed by atoms with Gasteiger partial charge < -0.3 is 10.6 Å². The average molecular weight is 269 g/mol. The molecule has 0 aromatic carbocycles. The lowest BCUT2D eigenvalue weighted by molar-refractivity contribution is -0.133. The molecule has 0 aliphatic carbocycles. The van der Waals surface area contributed by atoms with E-state index in [-0.39, 0.29) is 0 Å². The molecule has 1 amide bonds. The van der Waals surface area contributed by atoms with E-state index in [9.17, 15) is 4.79 Å². The van der Waals surface area contributed by atoms with E-state index in [0.717, 1.165) is 58.4 Å². The first-order chi connectivity index (χ1) is 9.22. The number of nitrogens with zero attached hydrogens (tertiary/aromatic N) is 2. The molecule has 0 spiro atoms. The molecule has 19 heavy (non-hydrogen) atoms. The van der Waals surface area contributed by atoms with Crippen molar-refractivity contribution in [2.45, 2.75) is 58.4 Å². The number of hydrogen-bond acceptors (Lipinski definition) is 3. The van der Waals surface area contributed by atoms with E-state index in [1.165, 1.54) is 12.8 Å². The van der Waals surface area contributed by atoms with Crippen LogP contribution in [0.25, 0.3) is 0 Å². The minimum atomic E-state index is 0.347. The predicted molar refractivity (Wildman–Crippen MR) is 80.0 cm³/mol. The smallest absolute Gasteiger partial charge is 0.222 e. The Labute approximate surface area is 118 Å². The molecule has 0 radical (unpaired) electrons. The van der Waals surface area contributed by atoms with Gasteiger partial charge in [0.2, 0.25) is 5.91 Å². The lowest BCUT2D eigenvalue weighted by atomic mass is 10.1. The molecule has 1 saturated heterocycles. The summed E-state index contributed by atoms with van der Waals surface area (Å²) in [7, 11) is 0. The van der Waals surface area contributed by atoms with E-state index in [4.69, 9.17) is 5.73 Å². The highest BCUT2D eigenvalue weighted by molar-refractivity contribution is 5.76. The maximum Gasteiger partial charge on any atom is 0.222 e. The molecule has 1 aliphatic heterocycles. The van der Waals surface area contributed by atoms with Gasteiger partial charge in [0.15, 0.2) is 0 Å². The zero-order valence-corrected chi connectivity index (χ0v) is 12.7. The third-order valence-electron chi connectivity index (χ3n) is 4.15. The third-order valence-corrected chi connectivity index (χ3v) is 4.15. The van der Waals surface area contributed by atoms with Crippen LogP contribution in [-0.2, 0) is 4.79 Å². The Morgan fingerprint density at radius 1 is 1.16 bits per heavy atom. The molecule has 0 saturated carbocycles. The number of carbonyl (C=O) groups excluding carboxylic acids is 1. The quantitative estimate of drug-likeness (QED) is 0.684. The van der Waals surface area contributed by atoms with Crippen LogP contribution in [0.4, 0.5) is 0 Å². The van der Waals surface area contributed by atoms with E-state index in [1.54, 1.807) is 0 Å². The van der Waals surface area contributed by atoms with Gasteiger partial charge in [-0.15, -0.1) is 0 Å². The Morgan fingerprint density at radius 2 is 1.84 bits per heavy atom. The van der Waals surface area contributed by atoms with Crippen LogP contribution in [0.5, 0.6) is 0 Å². The average Bonchev–Trinajstić information content (AvgIpc) is 2.45. The fourth-order valence-electron chi connectivity index (χ4n) is 2.86. The van der Waals surface area contributed by atoms with Crippen LogP contribution in [0.15, 0.2) is 0 Å². The van der Waals surface area contributed by atoms with Crippen molar-refractivity contribution in [1.29, 1.82) is 0 Å². The van der Waals surface area contributed by atoms with Crippen LogP contribution < -0.4 is 5.73 Å². The second-order valence-corrected chi connectivity index (χ2v) is 5.51. The van der Waals surface area contributed by atoms with E-state index in [1.807, 2.05) is 4.90 Å². The van der Waals surface area contributed by atoms with Gasteiger partial charge in [-0.05, 0) is 25.8 Å². The summed E-state index contributed by atoms with van der Waals surface area (Å²) in [6.07, 6.45) is 6.34. The van der Waals surface area contributed by atoms with Gasteiger partial charge in [0.05, 0.1) is 0 Å². The monoisotopic (exact) mass is 269 g/mol. The summed E-state index contributed by atoms with van der Waals surface area (Å²) >= 11 is 0. The van der Waals surface area contributed by atoms with Gasteiger partial charge >= 0.3 is 0 Å². The van der Waals surface area contributed by atoms with Crippen molar-refractivity contribution in [3.05, 3.63) is 0 Å². The minimum absolute atomic E-state index is 0.347. The second-order valence-electron chi connectivity index (χ2n) is 5.51. The third kappa shape index (κ3) is 5.49. The van der Waals surface area contributed by atoms with E-state index < -0.39 is 0 Å². The molecule has 0 aromatic rings. The molecule has 1 rings (SSSR count). The largest absolute Gasteiger partial charge is 0.340 e. The summed E-state index contributed by atoms with van der Waals surface area (Å²) in [5.74, 6) is 0.347. The highest BCUT2D eigenvalue weighted by Crippen LogP contribution is 2.13. The fourth-order valence-corrected chi connectivity index (χ4v) is 2.86. The van der Waals surface area contributed by atoms with E-state index >= 15 is 0 Å². The molecular formula is C15H31N3O. The first-order valence-corrected chi connectivity index (χ1v) is 7.94. The lowest BCUT2D eigenvalue weighted by Gasteiger charge is -2.39. The Kier molecular flexibility index (Phi) is 8.07. The molecular weight excluding hydrogens is 238 g/mol. The molecule has 1 unspecified atom stereocenters. The Hall–Kier alpha value is -0.610. The van der Waals surface area contributed by atoms with Crippen molar-refractivity contribution in [3.63, 3.8) is 0 Å². The summed E-state index contributed by atoms with van der Waals surface area (Å²) in [4.78, 5) is 16.6. The van der Waals surface area contributed by atoms with Gasteiger partial charge in [0.25, 0.3) is 0 Å². The fraction of sp³-hybridized carbons (Fsp3) is 0.933. The van der Waals surface area contributed by atoms with E-state index in [2.05, 4.69) is 18.7 Å². The molecule has 0 aromatic heterocycles. The summed E-state index contributed by atoms with van der Waals surface area (Å²) < 4.78 is 0. The number of rotatable bonds is 8. The Bertz CT molecular complexity index is 250. The molecule has 4 heteroatoms. The van der Waals surface area contributed by atoms with Gasteiger partial charge in [0.1, 0.15) is 0 Å². The van der Waals surface area contributed by atoms with Gasteiger partial charge in [-0.25, -0.2) is 0 Å². The van der Waals surface area contributed by atoms with Gasteiger partial charge in [-0.2, -0.15) is 0 Å². The van der Waals surface area contributed by atoms with Crippen LogP contribution in [0.2, 0.25) is 0 Å². The van der Waals surface area contributed by atoms with Crippen molar-refractivity contribution < 1.29 is 4.79 Å². The summed E-state index contributed by atoms with van der Waals surface area (Å²) in [6.45, 7) is 8.97. The van der Waals surface area contributed by atoms with Gasteiger partial charge in [0, 0.05) is 38.6 Å². The predicted octanol–water partition coefficient (Wildman–Crippen LogP) is 1.84. The first-order valence-electron chi connectivity index (χ1n) is 7.94. The summed E-state index contributed by atoms with van der Waals surface area (Å²) in [5.41, 5.74) is 5.66. The first kappa shape index (κ1) is 16.4. The summed E-state index contributed by atoms with van der Waals surface area (Å²) in [5, 5.41) is 0. The van der Waals surface area contributed by atoms with Gasteiger partial charge in [-0.3, -0.25) is 9.69 Å². The molecule has 4 nitrogen and oxygen atoms in total. The molecule has 0 bridgehead atoms. The number of carbonyl (C=O) groups is 1. The Balaban J connectivity index is 2.29. The highest BCUT2D eigenvalue weighted by atomic mass is 16.2. The maximum absolute atomic E-state index is 12.0. The maximum atomic E-state index is 12.0. The summed E-state index contributed by atoms with van der Waals surface area (Å²) in [6, 6.07) is 0.599. The zero-order valence-electron chi connectivity index (χ0n) is 12.7. The highest BCUT2D eigenvalue weighted by Gasteiger charge is 2.24. The zero-order chi connectivity index (χ0) is 14.1. The van der Waals surface area contributed by atoms with Crippen molar-refractivity contribution >= 4 is 5.91 Å². The second kappa shape index (κ2) is 9.32.